The average Bonchev–Trinajstić information content (AvgIpc) is 2.49. The van der Waals surface area contributed by atoms with Crippen molar-refractivity contribution in [2.75, 3.05) is 18.5 Å². The summed E-state index contributed by atoms with van der Waals surface area (Å²) in [7, 11) is 0. The van der Waals surface area contributed by atoms with Gasteiger partial charge in [-0.2, -0.15) is 0 Å². The molecular formula is C15H12F4N2O2. The van der Waals surface area contributed by atoms with Crippen molar-refractivity contribution in [2.45, 2.75) is 0 Å². The zero-order valence-corrected chi connectivity index (χ0v) is 11.7. The first-order chi connectivity index (χ1) is 11.0. The van der Waals surface area contributed by atoms with Crippen LogP contribution in [0.4, 0.5) is 28.0 Å². The number of ether oxygens (including phenoxy) is 1. The van der Waals surface area contributed by atoms with Crippen LogP contribution in [0.15, 0.2) is 36.4 Å². The first kappa shape index (κ1) is 16.6. The molecule has 0 aliphatic heterocycles. The first-order valence-electron chi connectivity index (χ1n) is 6.54. The Morgan fingerprint density at radius 3 is 2.35 bits per heavy atom. The van der Waals surface area contributed by atoms with Crippen molar-refractivity contribution < 1.29 is 27.1 Å². The SMILES string of the molecule is O=C(NCCOc1ccc(F)cc1F)Nc1c(F)cccc1F. The van der Waals surface area contributed by atoms with Gasteiger partial charge in [-0.15, -0.1) is 0 Å². The lowest BCUT2D eigenvalue weighted by Crippen LogP contribution is -2.32. The van der Waals surface area contributed by atoms with Crippen LogP contribution in [0.2, 0.25) is 0 Å². The molecule has 0 aliphatic rings. The normalized spacial score (nSPS) is 10.3. The van der Waals surface area contributed by atoms with Gasteiger partial charge >= 0.3 is 6.03 Å². The van der Waals surface area contributed by atoms with Crippen molar-refractivity contribution >= 4 is 11.7 Å². The molecule has 2 amide bonds. The smallest absolute Gasteiger partial charge is 0.319 e. The Morgan fingerprint density at radius 1 is 1.00 bits per heavy atom. The third-order valence-corrected chi connectivity index (χ3v) is 2.74. The van der Waals surface area contributed by atoms with Gasteiger partial charge in [0.2, 0.25) is 0 Å². The molecule has 0 aliphatic carbocycles. The van der Waals surface area contributed by atoms with Gasteiger partial charge in [-0.05, 0) is 24.3 Å². The van der Waals surface area contributed by atoms with Gasteiger partial charge in [0.25, 0.3) is 0 Å². The van der Waals surface area contributed by atoms with Crippen molar-refractivity contribution in [1.29, 1.82) is 0 Å². The zero-order valence-electron chi connectivity index (χ0n) is 11.7. The van der Waals surface area contributed by atoms with Gasteiger partial charge in [-0.1, -0.05) is 6.07 Å². The summed E-state index contributed by atoms with van der Waals surface area (Å²) in [5, 5.41) is 4.30. The van der Waals surface area contributed by atoms with Crippen molar-refractivity contribution in [3.05, 3.63) is 59.7 Å². The lowest BCUT2D eigenvalue weighted by Gasteiger charge is -2.10. The minimum atomic E-state index is -0.912. The minimum Gasteiger partial charge on any atom is -0.489 e. The molecule has 0 fully saturated rings. The molecule has 0 spiro atoms. The molecule has 2 N–H and O–H groups in total. The van der Waals surface area contributed by atoms with Crippen LogP contribution in [0.1, 0.15) is 0 Å². The fraction of sp³-hybridized carbons (Fsp3) is 0.133. The number of anilines is 1. The number of amides is 2. The summed E-state index contributed by atoms with van der Waals surface area (Å²) in [5.41, 5.74) is -0.574. The standard InChI is InChI=1S/C15H12F4N2O2/c16-9-4-5-13(12(19)8-9)23-7-6-20-15(22)21-14-10(17)2-1-3-11(14)18/h1-5,8H,6-7H2,(H2,20,21,22). The lowest BCUT2D eigenvalue weighted by atomic mass is 10.3. The van der Waals surface area contributed by atoms with Gasteiger partial charge in [0, 0.05) is 6.07 Å². The zero-order chi connectivity index (χ0) is 16.8. The van der Waals surface area contributed by atoms with E-state index in [2.05, 4.69) is 5.32 Å². The van der Waals surface area contributed by atoms with E-state index < -0.39 is 35.0 Å². The number of urea groups is 1. The van der Waals surface area contributed by atoms with E-state index in [1.54, 1.807) is 0 Å². The molecule has 2 aromatic rings. The Labute approximate surface area is 129 Å². The molecule has 122 valence electrons. The number of benzene rings is 2. The summed E-state index contributed by atoms with van der Waals surface area (Å²) in [4.78, 5) is 11.5. The van der Waals surface area contributed by atoms with Crippen LogP contribution in [0, 0.1) is 23.3 Å². The Balaban J connectivity index is 1.79. The van der Waals surface area contributed by atoms with Crippen LogP contribution in [-0.2, 0) is 0 Å². The summed E-state index contributed by atoms with van der Waals surface area (Å²) in [5.74, 6) is -3.61. The van der Waals surface area contributed by atoms with Crippen molar-refractivity contribution in [1.82, 2.24) is 5.32 Å². The van der Waals surface area contributed by atoms with E-state index in [4.69, 9.17) is 4.74 Å². The molecule has 2 rings (SSSR count). The third-order valence-electron chi connectivity index (χ3n) is 2.74. The summed E-state index contributed by atoms with van der Waals surface area (Å²) >= 11 is 0. The maximum absolute atomic E-state index is 13.3. The van der Waals surface area contributed by atoms with E-state index in [0.717, 1.165) is 24.3 Å². The highest BCUT2D eigenvalue weighted by Gasteiger charge is 2.11. The molecule has 0 saturated heterocycles. The van der Waals surface area contributed by atoms with Crippen LogP contribution in [0.5, 0.6) is 5.75 Å². The van der Waals surface area contributed by atoms with Crippen LogP contribution in [0.3, 0.4) is 0 Å². The van der Waals surface area contributed by atoms with Gasteiger partial charge in [0.1, 0.15) is 29.7 Å². The molecule has 0 radical (unpaired) electrons. The van der Waals surface area contributed by atoms with E-state index in [1.165, 1.54) is 6.07 Å². The second-order valence-corrected chi connectivity index (χ2v) is 4.40. The number of hydrogen-bond acceptors (Lipinski definition) is 2. The van der Waals surface area contributed by atoms with E-state index in [0.29, 0.717) is 6.07 Å². The number of para-hydroxylation sites is 1. The number of carbonyl (C=O) groups is 1. The van der Waals surface area contributed by atoms with Gasteiger partial charge in [0.15, 0.2) is 11.6 Å². The van der Waals surface area contributed by atoms with Gasteiger partial charge < -0.3 is 15.4 Å². The summed E-state index contributed by atoms with van der Waals surface area (Å²) < 4.78 is 57.6. The Morgan fingerprint density at radius 2 is 1.70 bits per heavy atom. The second-order valence-electron chi connectivity index (χ2n) is 4.40. The number of halogens is 4. The van der Waals surface area contributed by atoms with Crippen molar-refractivity contribution in [3.63, 3.8) is 0 Å². The molecule has 0 saturated carbocycles. The van der Waals surface area contributed by atoms with Crippen LogP contribution < -0.4 is 15.4 Å². The second kappa shape index (κ2) is 7.48. The number of carbonyl (C=O) groups excluding carboxylic acids is 1. The molecule has 2 aromatic carbocycles. The fourth-order valence-corrected chi connectivity index (χ4v) is 1.69. The van der Waals surface area contributed by atoms with Crippen molar-refractivity contribution in [2.24, 2.45) is 0 Å². The molecule has 4 nitrogen and oxygen atoms in total. The molecule has 0 aromatic heterocycles. The average molecular weight is 328 g/mol. The minimum absolute atomic E-state index is 0.0568. The molecule has 0 unspecified atom stereocenters. The van der Waals surface area contributed by atoms with E-state index >= 15 is 0 Å². The topological polar surface area (TPSA) is 50.4 Å². The molecule has 23 heavy (non-hydrogen) atoms. The van der Waals surface area contributed by atoms with E-state index in [9.17, 15) is 22.4 Å². The first-order valence-corrected chi connectivity index (χ1v) is 6.54. The summed E-state index contributed by atoms with van der Waals surface area (Å²) in [6.45, 7) is -0.172. The van der Waals surface area contributed by atoms with Gasteiger partial charge in [-0.25, -0.2) is 22.4 Å². The highest BCUT2D eigenvalue weighted by Crippen LogP contribution is 2.18. The fourth-order valence-electron chi connectivity index (χ4n) is 1.69. The predicted octanol–water partition coefficient (Wildman–Crippen LogP) is 3.44. The molecule has 8 heteroatoms. The molecule has 0 bridgehead atoms. The summed E-state index contributed by atoms with van der Waals surface area (Å²) in [6.07, 6.45) is 0. The Bertz CT molecular complexity index is 690. The number of nitrogens with one attached hydrogen (secondary N) is 2. The maximum atomic E-state index is 13.3. The predicted molar refractivity (Wildman–Crippen MR) is 75.2 cm³/mol. The highest BCUT2D eigenvalue weighted by atomic mass is 19.1. The number of rotatable bonds is 5. The summed E-state index contributed by atoms with van der Waals surface area (Å²) in [6, 6.07) is 5.11. The lowest BCUT2D eigenvalue weighted by molar-refractivity contribution is 0.246. The highest BCUT2D eigenvalue weighted by molar-refractivity contribution is 5.89. The Kier molecular flexibility index (Phi) is 5.40. The number of hydrogen-bond donors (Lipinski definition) is 2. The van der Waals surface area contributed by atoms with Crippen LogP contribution in [0.25, 0.3) is 0 Å². The molecular weight excluding hydrogens is 316 g/mol. The maximum Gasteiger partial charge on any atom is 0.319 e. The molecule has 0 atom stereocenters. The Hall–Kier alpha value is -2.77. The van der Waals surface area contributed by atoms with Crippen LogP contribution in [-0.4, -0.2) is 19.2 Å². The van der Waals surface area contributed by atoms with Crippen LogP contribution >= 0.6 is 0 Å². The quantitative estimate of drug-likeness (QED) is 0.652. The molecule has 0 heterocycles. The largest absolute Gasteiger partial charge is 0.489 e. The third kappa shape index (κ3) is 4.60. The van der Waals surface area contributed by atoms with Crippen molar-refractivity contribution in [3.8, 4) is 5.75 Å². The van der Waals surface area contributed by atoms with Gasteiger partial charge in [0.05, 0.1) is 6.54 Å². The van der Waals surface area contributed by atoms with Gasteiger partial charge in [-0.3, -0.25) is 0 Å². The van der Waals surface area contributed by atoms with E-state index in [-0.39, 0.29) is 18.9 Å². The van der Waals surface area contributed by atoms with E-state index in [1.807, 2.05) is 5.32 Å². The monoisotopic (exact) mass is 328 g/mol.